The molecular formula is C17H15FO4. The number of aryl methyl sites for hydroxylation is 1. The van der Waals surface area contributed by atoms with Gasteiger partial charge in [-0.05, 0) is 42.8 Å². The molecule has 0 bridgehead atoms. The highest BCUT2D eigenvalue weighted by molar-refractivity contribution is 6.15. The minimum Gasteiger partial charge on any atom is -0.496 e. The van der Waals surface area contributed by atoms with Crippen LogP contribution >= 0.6 is 0 Å². The van der Waals surface area contributed by atoms with Gasteiger partial charge in [0.25, 0.3) is 0 Å². The molecule has 0 aliphatic carbocycles. The largest absolute Gasteiger partial charge is 0.496 e. The van der Waals surface area contributed by atoms with Gasteiger partial charge in [0.2, 0.25) is 0 Å². The minimum absolute atomic E-state index is 0.0652. The number of benzene rings is 2. The van der Waals surface area contributed by atoms with Gasteiger partial charge in [-0.15, -0.1) is 0 Å². The number of rotatable bonds is 4. The number of methoxy groups -OCH3 is 2. The number of ether oxygens (including phenoxy) is 2. The molecule has 0 unspecified atom stereocenters. The van der Waals surface area contributed by atoms with Gasteiger partial charge in [0, 0.05) is 5.56 Å². The second-order valence-electron chi connectivity index (χ2n) is 4.71. The van der Waals surface area contributed by atoms with Crippen molar-refractivity contribution in [3.8, 4) is 5.75 Å². The van der Waals surface area contributed by atoms with Crippen molar-refractivity contribution in [2.75, 3.05) is 14.2 Å². The van der Waals surface area contributed by atoms with Crippen molar-refractivity contribution in [3.63, 3.8) is 0 Å². The molecule has 0 radical (unpaired) electrons. The fourth-order valence-corrected chi connectivity index (χ4v) is 2.12. The van der Waals surface area contributed by atoms with Gasteiger partial charge in [-0.3, -0.25) is 4.79 Å². The summed E-state index contributed by atoms with van der Waals surface area (Å²) in [6.45, 7) is 1.87. The Bertz CT molecular complexity index is 737. The van der Waals surface area contributed by atoms with Gasteiger partial charge in [0.15, 0.2) is 5.78 Å². The van der Waals surface area contributed by atoms with E-state index in [9.17, 15) is 14.0 Å². The zero-order valence-corrected chi connectivity index (χ0v) is 12.5. The number of hydrogen-bond acceptors (Lipinski definition) is 4. The molecule has 0 saturated heterocycles. The van der Waals surface area contributed by atoms with Crippen molar-refractivity contribution in [2.24, 2.45) is 0 Å². The smallest absolute Gasteiger partial charge is 0.338 e. The van der Waals surface area contributed by atoms with Crippen LogP contribution < -0.4 is 4.74 Å². The maximum atomic E-state index is 13.4. The minimum atomic E-state index is -0.770. The monoisotopic (exact) mass is 302 g/mol. The maximum Gasteiger partial charge on any atom is 0.338 e. The fraction of sp³-hybridized carbons (Fsp3) is 0.176. The van der Waals surface area contributed by atoms with Crippen LogP contribution in [0.15, 0.2) is 36.4 Å². The van der Waals surface area contributed by atoms with E-state index in [0.717, 1.165) is 17.7 Å². The number of esters is 1. The van der Waals surface area contributed by atoms with Gasteiger partial charge in [-0.25, -0.2) is 9.18 Å². The van der Waals surface area contributed by atoms with Gasteiger partial charge < -0.3 is 9.47 Å². The van der Waals surface area contributed by atoms with E-state index >= 15 is 0 Å². The van der Waals surface area contributed by atoms with Gasteiger partial charge in [-0.2, -0.15) is 0 Å². The van der Waals surface area contributed by atoms with Crippen LogP contribution in [0.3, 0.4) is 0 Å². The van der Waals surface area contributed by atoms with Crippen molar-refractivity contribution < 1.29 is 23.5 Å². The Morgan fingerprint density at radius 3 is 2.27 bits per heavy atom. The molecule has 0 aliphatic heterocycles. The lowest BCUT2D eigenvalue weighted by molar-refractivity contribution is 0.0597. The topological polar surface area (TPSA) is 52.6 Å². The molecule has 0 spiro atoms. The molecule has 0 N–H and O–H groups in total. The molecule has 4 nitrogen and oxygen atoms in total. The number of halogens is 1. The van der Waals surface area contributed by atoms with Crippen molar-refractivity contribution in [2.45, 2.75) is 6.92 Å². The molecule has 0 saturated carbocycles. The Balaban J connectivity index is 2.57. The lowest BCUT2D eigenvalue weighted by Crippen LogP contribution is -2.12. The molecule has 0 heterocycles. The van der Waals surface area contributed by atoms with E-state index in [1.165, 1.54) is 20.3 Å². The zero-order chi connectivity index (χ0) is 16.3. The summed E-state index contributed by atoms with van der Waals surface area (Å²) in [7, 11) is 2.63. The summed E-state index contributed by atoms with van der Waals surface area (Å²) in [4.78, 5) is 24.4. The molecule has 22 heavy (non-hydrogen) atoms. The van der Waals surface area contributed by atoms with Crippen LogP contribution in [0.5, 0.6) is 5.75 Å². The molecule has 0 atom stereocenters. The summed E-state index contributed by atoms with van der Waals surface area (Å²) < 4.78 is 23.2. The van der Waals surface area contributed by atoms with E-state index in [0.29, 0.717) is 11.3 Å². The second kappa shape index (κ2) is 6.39. The van der Waals surface area contributed by atoms with E-state index in [4.69, 9.17) is 4.74 Å². The third-order valence-corrected chi connectivity index (χ3v) is 3.23. The highest BCUT2D eigenvalue weighted by Gasteiger charge is 2.22. The Morgan fingerprint density at radius 1 is 0.955 bits per heavy atom. The standard InChI is InChI=1S/C17H15FO4/c1-10-4-6-13(15(8-10)21-2)16(19)12-7-5-11(18)9-14(12)17(20)22-3/h4-9H,1-3H3. The highest BCUT2D eigenvalue weighted by Crippen LogP contribution is 2.25. The van der Waals surface area contributed by atoms with Crippen molar-refractivity contribution in [1.82, 2.24) is 0 Å². The molecule has 2 aromatic rings. The average molecular weight is 302 g/mol. The second-order valence-corrected chi connectivity index (χ2v) is 4.71. The molecule has 0 fully saturated rings. The summed E-state index contributed by atoms with van der Waals surface area (Å²) >= 11 is 0. The maximum absolute atomic E-state index is 13.4. The highest BCUT2D eigenvalue weighted by atomic mass is 19.1. The molecular weight excluding hydrogens is 287 g/mol. The van der Waals surface area contributed by atoms with Gasteiger partial charge in [0.05, 0.1) is 25.3 Å². The molecule has 0 aromatic heterocycles. The van der Waals surface area contributed by atoms with Crippen molar-refractivity contribution in [1.29, 1.82) is 0 Å². The molecule has 0 amide bonds. The third-order valence-electron chi connectivity index (χ3n) is 3.23. The van der Waals surface area contributed by atoms with Crippen LogP contribution in [0.4, 0.5) is 4.39 Å². The first-order valence-electron chi connectivity index (χ1n) is 6.55. The number of carbonyl (C=O) groups excluding carboxylic acids is 2. The van der Waals surface area contributed by atoms with E-state index in [-0.39, 0.29) is 11.1 Å². The Morgan fingerprint density at radius 2 is 1.64 bits per heavy atom. The average Bonchev–Trinajstić information content (AvgIpc) is 2.53. The Labute approximate surface area is 127 Å². The van der Waals surface area contributed by atoms with Crippen molar-refractivity contribution in [3.05, 3.63) is 64.5 Å². The molecule has 114 valence electrons. The zero-order valence-electron chi connectivity index (χ0n) is 12.5. The van der Waals surface area contributed by atoms with Crippen molar-refractivity contribution >= 4 is 11.8 Å². The summed E-state index contributed by atoms with van der Waals surface area (Å²) in [6.07, 6.45) is 0. The van der Waals surface area contributed by atoms with Gasteiger partial charge in [-0.1, -0.05) is 6.07 Å². The predicted octanol–water partition coefficient (Wildman–Crippen LogP) is 3.16. The molecule has 5 heteroatoms. The van der Waals surface area contributed by atoms with Crippen LogP contribution in [0.2, 0.25) is 0 Å². The third kappa shape index (κ3) is 2.98. The van der Waals surface area contributed by atoms with Crippen LogP contribution in [0.25, 0.3) is 0 Å². The Hall–Kier alpha value is -2.69. The van der Waals surface area contributed by atoms with E-state index in [1.54, 1.807) is 18.2 Å². The molecule has 0 aliphatic rings. The fourth-order valence-electron chi connectivity index (χ4n) is 2.12. The van der Waals surface area contributed by atoms with E-state index in [1.807, 2.05) is 6.92 Å². The molecule has 2 aromatic carbocycles. The van der Waals surface area contributed by atoms with Crippen LogP contribution in [-0.2, 0) is 4.74 Å². The summed E-state index contributed by atoms with van der Waals surface area (Å²) in [5.41, 5.74) is 1.18. The number of hydrogen-bond donors (Lipinski definition) is 0. The summed E-state index contributed by atoms with van der Waals surface area (Å²) in [5.74, 6) is -1.43. The quantitative estimate of drug-likeness (QED) is 0.643. The van der Waals surface area contributed by atoms with Crippen LogP contribution in [-0.4, -0.2) is 26.0 Å². The normalized spacial score (nSPS) is 10.2. The SMILES string of the molecule is COC(=O)c1cc(F)ccc1C(=O)c1ccc(C)cc1OC. The first kappa shape index (κ1) is 15.7. The first-order chi connectivity index (χ1) is 10.5. The van der Waals surface area contributed by atoms with E-state index in [2.05, 4.69) is 4.74 Å². The lowest BCUT2D eigenvalue weighted by Gasteiger charge is -2.11. The van der Waals surface area contributed by atoms with Gasteiger partial charge in [0.1, 0.15) is 11.6 Å². The molecule has 2 rings (SSSR count). The number of carbonyl (C=O) groups is 2. The summed E-state index contributed by atoms with van der Waals surface area (Å²) in [5, 5.41) is 0. The number of ketones is 1. The first-order valence-corrected chi connectivity index (χ1v) is 6.55. The van der Waals surface area contributed by atoms with Gasteiger partial charge >= 0.3 is 5.97 Å². The van der Waals surface area contributed by atoms with Crippen LogP contribution in [0.1, 0.15) is 31.8 Å². The summed E-state index contributed by atoms with van der Waals surface area (Å²) in [6, 6.07) is 8.47. The van der Waals surface area contributed by atoms with E-state index < -0.39 is 17.6 Å². The Kier molecular flexibility index (Phi) is 4.56. The predicted molar refractivity (Wildman–Crippen MR) is 78.9 cm³/mol. The van der Waals surface area contributed by atoms with Crippen LogP contribution in [0, 0.1) is 12.7 Å². The lowest BCUT2D eigenvalue weighted by atomic mass is 9.97.